The first-order chi connectivity index (χ1) is 13.8. The molecule has 3 aromatic rings. The first kappa shape index (κ1) is 20.6. The Labute approximate surface area is 172 Å². The monoisotopic (exact) mass is 410 g/mol. The van der Waals surface area contributed by atoms with E-state index in [1.54, 1.807) is 24.3 Å². The van der Waals surface area contributed by atoms with Crippen molar-refractivity contribution in [1.29, 1.82) is 0 Å². The molecule has 0 aliphatic heterocycles. The minimum absolute atomic E-state index is 0.131. The van der Waals surface area contributed by atoms with Crippen molar-refractivity contribution in [3.05, 3.63) is 64.4 Å². The fraction of sp³-hybridized carbons (Fsp3) is 0.238. The van der Waals surface area contributed by atoms with Gasteiger partial charge in [0.25, 0.3) is 5.56 Å². The average molecular weight is 410 g/mol. The van der Waals surface area contributed by atoms with E-state index in [4.69, 9.17) is 5.73 Å². The third-order valence-electron chi connectivity index (χ3n) is 4.44. The van der Waals surface area contributed by atoms with Crippen LogP contribution in [0.2, 0.25) is 0 Å². The van der Waals surface area contributed by atoms with Gasteiger partial charge in [0, 0.05) is 0 Å². The van der Waals surface area contributed by atoms with E-state index >= 15 is 0 Å². The Morgan fingerprint density at radius 3 is 2.41 bits per heavy atom. The number of thioether (sulfide) groups is 1. The van der Waals surface area contributed by atoms with E-state index in [0.717, 1.165) is 17.3 Å². The molecule has 8 heteroatoms. The Hall–Kier alpha value is -3.13. The van der Waals surface area contributed by atoms with Crippen LogP contribution in [0.3, 0.4) is 0 Å². The van der Waals surface area contributed by atoms with Crippen molar-refractivity contribution >= 4 is 34.6 Å². The molecule has 0 fully saturated rings. The number of para-hydroxylation sites is 2. The Morgan fingerprint density at radius 2 is 1.76 bits per heavy atom. The van der Waals surface area contributed by atoms with Gasteiger partial charge >= 0.3 is 6.03 Å². The highest BCUT2D eigenvalue weighted by atomic mass is 32.2. The quantitative estimate of drug-likeness (QED) is 0.497. The number of hydrogen-bond donors (Lipinski definition) is 2. The van der Waals surface area contributed by atoms with Crippen LogP contribution in [0.25, 0.3) is 16.6 Å². The SMILES string of the molecule is Cc1ccccc1-n1c(SC(C(=O)NC(N)=O)C(C)C)nc2ccccc2c1=O. The van der Waals surface area contributed by atoms with E-state index < -0.39 is 17.2 Å². The van der Waals surface area contributed by atoms with E-state index in [9.17, 15) is 14.4 Å². The number of fused-ring (bicyclic) bond motifs is 1. The smallest absolute Gasteiger partial charge is 0.318 e. The van der Waals surface area contributed by atoms with Crippen molar-refractivity contribution in [3.8, 4) is 5.69 Å². The molecule has 0 saturated heterocycles. The summed E-state index contributed by atoms with van der Waals surface area (Å²) in [5.74, 6) is -0.649. The maximum absolute atomic E-state index is 13.3. The summed E-state index contributed by atoms with van der Waals surface area (Å²) in [5, 5.41) is 2.33. The highest BCUT2D eigenvalue weighted by Crippen LogP contribution is 2.30. The number of carbonyl (C=O) groups excluding carboxylic acids is 2. The lowest BCUT2D eigenvalue weighted by Crippen LogP contribution is -2.42. The second-order valence-electron chi connectivity index (χ2n) is 6.97. The summed E-state index contributed by atoms with van der Waals surface area (Å²) in [7, 11) is 0. The summed E-state index contributed by atoms with van der Waals surface area (Å²) in [6, 6.07) is 13.7. The topological polar surface area (TPSA) is 107 Å². The van der Waals surface area contributed by atoms with Crippen molar-refractivity contribution in [3.63, 3.8) is 0 Å². The molecule has 0 bridgehead atoms. The number of hydrogen-bond acceptors (Lipinski definition) is 5. The summed E-state index contributed by atoms with van der Waals surface area (Å²) in [6.07, 6.45) is 0. The fourth-order valence-electron chi connectivity index (χ4n) is 3.02. The number of amides is 3. The van der Waals surface area contributed by atoms with Crippen LogP contribution >= 0.6 is 11.8 Å². The predicted molar refractivity (Wildman–Crippen MR) is 114 cm³/mol. The van der Waals surface area contributed by atoms with Crippen molar-refractivity contribution < 1.29 is 9.59 Å². The van der Waals surface area contributed by atoms with Gasteiger partial charge in [0.15, 0.2) is 5.16 Å². The normalized spacial score (nSPS) is 12.1. The van der Waals surface area contributed by atoms with Crippen LogP contribution in [0, 0.1) is 12.8 Å². The molecule has 1 atom stereocenters. The third kappa shape index (κ3) is 4.32. The molecule has 7 nitrogen and oxygen atoms in total. The Morgan fingerprint density at radius 1 is 1.10 bits per heavy atom. The lowest BCUT2D eigenvalue weighted by molar-refractivity contribution is -0.120. The van der Waals surface area contributed by atoms with Crippen LogP contribution in [0.15, 0.2) is 58.5 Å². The van der Waals surface area contributed by atoms with E-state index in [2.05, 4.69) is 10.3 Å². The van der Waals surface area contributed by atoms with Crippen LogP contribution in [0.4, 0.5) is 4.79 Å². The lowest BCUT2D eigenvalue weighted by Gasteiger charge is -2.21. The minimum atomic E-state index is -0.913. The molecule has 2 aromatic carbocycles. The number of aryl methyl sites for hydroxylation is 1. The van der Waals surface area contributed by atoms with Gasteiger partial charge in [-0.3, -0.25) is 19.5 Å². The average Bonchev–Trinajstić information content (AvgIpc) is 2.66. The van der Waals surface area contributed by atoms with Crippen molar-refractivity contribution in [2.75, 3.05) is 0 Å². The number of urea groups is 1. The molecule has 150 valence electrons. The summed E-state index contributed by atoms with van der Waals surface area (Å²) >= 11 is 1.14. The molecule has 0 radical (unpaired) electrons. The largest absolute Gasteiger partial charge is 0.351 e. The molecule has 3 amide bonds. The first-order valence-electron chi connectivity index (χ1n) is 9.14. The van der Waals surface area contributed by atoms with Crippen LogP contribution in [0.1, 0.15) is 19.4 Å². The molecule has 29 heavy (non-hydrogen) atoms. The van der Waals surface area contributed by atoms with Gasteiger partial charge in [-0.25, -0.2) is 9.78 Å². The summed E-state index contributed by atoms with van der Waals surface area (Å²) < 4.78 is 1.52. The van der Waals surface area contributed by atoms with E-state index in [0.29, 0.717) is 21.7 Å². The molecule has 0 aliphatic rings. The van der Waals surface area contributed by atoms with Crippen LogP contribution in [-0.4, -0.2) is 26.7 Å². The summed E-state index contributed by atoms with van der Waals surface area (Å²) in [4.78, 5) is 41.7. The zero-order chi connectivity index (χ0) is 21.1. The number of benzene rings is 2. The highest BCUT2D eigenvalue weighted by molar-refractivity contribution is 8.00. The molecule has 1 heterocycles. The highest BCUT2D eigenvalue weighted by Gasteiger charge is 2.27. The second kappa shape index (κ2) is 8.48. The van der Waals surface area contributed by atoms with Crippen LogP contribution in [0.5, 0.6) is 0 Å². The molecule has 1 aromatic heterocycles. The number of imide groups is 1. The number of carbonyl (C=O) groups is 2. The molecule has 3 rings (SSSR count). The lowest BCUT2D eigenvalue weighted by atomic mass is 10.1. The van der Waals surface area contributed by atoms with E-state index in [-0.39, 0.29) is 11.5 Å². The number of nitrogens with one attached hydrogen (secondary N) is 1. The number of aromatic nitrogens is 2. The predicted octanol–water partition coefficient (Wildman–Crippen LogP) is 3.01. The fourth-order valence-corrected chi connectivity index (χ4v) is 4.12. The van der Waals surface area contributed by atoms with Crippen molar-refractivity contribution in [1.82, 2.24) is 14.9 Å². The molecular formula is C21H22N4O3S. The zero-order valence-corrected chi connectivity index (χ0v) is 17.2. The maximum atomic E-state index is 13.3. The number of nitrogens with two attached hydrogens (primary N) is 1. The van der Waals surface area contributed by atoms with Gasteiger partial charge in [-0.2, -0.15) is 0 Å². The van der Waals surface area contributed by atoms with Gasteiger partial charge < -0.3 is 5.73 Å². The second-order valence-corrected chi connectivity index (χ2v) is 8.08. The Bertz CT molecular complexity index is 1140. The molecule has 0 spiro atoms. The van der Waals surface area contributed by atoms with E-state index in [1.807, 2.05) is 45.0 Å². The number of primary amides is 1. The van der Waals surface area contributed by atoms with Gasteiger partial charge in [-0.15, -0.1) is 0 Å². The summed E-state index contributed by atoms with van der Waals surface area (Å²) in [6.45, 7) is 5.62. The third-order valence-corrected chi connectivity index (χ3v) is 5.94. The van der Waals surface area contributed by atoms with Gasteiger partial charge in [-0.1, -0.05) is 55.9 Å². The molecule has 0 saturated carbocycles. The number of rotatable bonds is 5. The van der Waals surface area contributed by atoms with Gasteiger partial charge in [-0.05, 0) is 36.6 Å². The Kier molecular flexibility index (Phi) is 6.03. The maximum Gasteiger partial charge on any atom is 0.318 e. The molecule has 3 N–H and O–H groups in total. The minimum Gasteiger partial charge on any atom is -0.351 e. The van der Waals surface area contributed by atoms with Crippen molar-refractivity contribution in [2.24, 2.45) is 11.7 Å². The van der Waals surface area contributed by atoms with Gasteiger partial charge in [0.05, 0.1) is 21.8 Å². The van der Waals surface area contributed by atoms with Crippen molar-refractivity contribution in [2.45, 2.75) is 31.2 Å². The zero-order valence-electron chi connectivity index (χ0n) is 16.4. The van der Waals surface area contributed by atoms with E-state index in [1.165, 1.54) is 4.57 Å². The standard InChI is InChI=1S/C21H22N4O3S/c1-12(2)17(18(26)24-20(22)28)29-21-23-15-10-6-5-9-14(15)19(27)25(21)16-11-7-4-8-13(16)3/h4-12,17H,1-3H3,(H3,22,24,26,28). The van der Waals surface area contributed by atoms with Crippen LogP contribution in [-0.2, 0) is 4.79 Å². The van der Waals surface area contributed by atoms with Gasteiger partial charge in [0.2, 0.25) is 5.91 Å². The summed E-state index contributed by atoms with van der Waals surface area (Å²) in [5.41, 5.74) is 7.03. The van der Waals surface area contributed by atoms with Crippen LogP contribution < -0.4 is 16.6 Å². The molecule has 1 unspecified atom stereocenters. The first-order valence-corrected chi connectivity index (χ1v) is 10.0. The van der Waals surface area contributed by atoms with Gasteiger partial charge in [0.1, 0.15) is 0 Å². The molecule has 0 aliphatic carbocycles. The number of nitrogens with zero attached hydrogens (tertiary/aromatic N) is 2. The molecular weight excluding hydrogens is 388 g/mol. The Balaban J connectivity index is 2.21.